The third kappa shape index (κ3) is 10.2. The predicted molar refractivity (Wildman–Crippen MR) is 218 cm³/mol. The quantitative estimate of drug-likeness (QED) is 0.0521. The Morgan fingerprint density at radius 3 is 0.964 bits per heavy atom. The molecule has 0 aromatic heterocycles. The maximum Gasteiger partial charge on any atom is 0.311 e. The van der Waals surface area contributed by atoms with Crippen LogP contribution in [0.3, 0.4) is 0 Å². The average molecular weight is 755 g/mol. The highest BCUT2D eigenvalue weighted by Crippen LogP contribution is 2.39. The number of carbonyl (C=O) groups excluding carboxylic acids is 2. The lowest BCUT2D eigenvalue weighted by Crippen LogP contribution is -2.15. The van der Waals surface area contributed by atoms with Gasteiger partial charge in [-0.05, 0) is 121 Å². The summed E-state index contributed by atoms with van der Waals surface area (Å²) in [6.45, 7) is 0. The third-order valence-electron chi connectivity index (χ3n) is 8.49. The van der Waals surface area contributed by atoms with Crippen LogP contribution >= 0.6 is 0 Å². The van der Waals surface area contributed by atoms with Crippen molar-refractivity contribution < 1.29 is 38.0 Å². The molecule has 286 valence electrons. The zero-order valence-corrected chi connectivity index (χ0v) is 31.4. The highest BCUT2D eigenvalue weighted by molar-refractivity contribution is 5.89. The fourth-order valence-electron chi connectivity index (χ4n) is 5.55. The van der Waals surface area contributed by atoms with E-state index in [-0.39, 0.29) is 24.3 Å². The van der Waals surface area contributed by atoms with E-state index in [1.54, 1.807) is 52.7 Å². The zero-order valence-electron chi connectivity index (χ0n) is 31.4. The number of para-hydroxylation sites is 2. The van der Waals surface area contributed by atoms with Crippen molar-refractivity contribution in [1.29, 1.82) is 0 Å². The summed E-state index contributed by atoms with van der Waals surface area (Å²) >= 11 is 0. The van der Waals surface area contributed by atoms with Gasteiger partial charge < -0.3 is 49.7 Å². The van der Waals surface area contributed by atoms with Gasteiger partial charge in [-0.15, -0.1) is 0 Å². The minimum absolute atomic E-state index is 0.234. The van der Waals surface area contributed by atoms with Gasteiger partial charge >= 0.3 is 11.9 Å². The maximum absolute atomic E-state index is 13.3. The number of esters is 2. The van der Waals surface area contributed by atoms with Crippen LogP contribution < -0.4 is 49.7 Å². The summed E-state index contributed by atoms with van der Waals surface area (Å²) < 4.78 is 32.9. The number of hydrogen-bond acceptors (Lipinski definition) is 12. The van der Waals surface area contributed by atoms with Crippen molar-refractivity contribution in [3.05, 3.63) is 133 Å². The first-order chi connectivity index (χ1) is 27.3. The molecule has 0 saturated carbocycles. The Morgan fingerprint density at radius 1 is 0.393 bits per heavy atom. The van der Waals surface area contributed by atoms with Gasteiger partial charge in [-0.1, -0.05) is 12.1 Å². The van der Waals surface area contributed by atoms with Crippen molar-refractivity contribution in [3.8, 4) is 34.5 Å². The molecule has 0 fully saturated rings. The molecule has 0 aliphatic rings. The van der Waals surface area contributed by atoms with E-state index >= 15 is 0 Å². The van der Waals surface area contributed by atoms with Crippen molar-refractivity contribution >= 4 is 57.4 Å². The number of methoxy groups -OCH3 is 4. The normalized spacial score (nSPS) is 10.4. The van der Waals surface area contributed by atoms with E-state index in [1.165, 1.54) is 0 Å². The van der Waals surface area contributed by atoms with Gasteiger partial charge in [0.2, 0.25) is 0 Å². The molecular weight excluding hydrogens is 713 g/mol. The first-order valence-electron chi connectivity index (χ1n) is 17.7. The summed E-state index contributed by atoms with van der Waals surface area (Å²) in [6.07, 6.45) is -0.468. The number of benzene rings is 6. The topological polar surface area (TPSA) is 138 Å². The van der Waals surface area contributed by atoms with E-state index in [4.69, 9.17) is 28.4 Å². The number of ether oxygens (including phenoxy) is 6. The van der Waals surface area contributed by atoms with Gasteiger partial charge in [0.15, 0.2) is 11.5 Å². The molecule has 0 radical (unpaired) electrons. The Hall–Kier alpha value is -7.34. The molecule has 0 unspecified atom stereocenters. The van der Waals surface area contributed by atoms with Crippen molar-refractivity contribution in [2.45, 2.75) is 12.8 Å². The number of anilines is 8. The Bertz CT molecular complexity index is 2070. The van der Waals surface area contributed by atoms with E-state index in [1.807, 2.05) is 109 Å². The van der Waals surface area contributed by atoms with Gasteiger partial charge in [-0.2, -0.15) is 0 Å². The second kappa shape index (κ2) is 18.6. The molecule has 0 atom stereocenters. The molecule has 6 rings (SSSR count). The number of hydrogen-bond donors (Lipinski definition) is 4. The molecule has 12 nitrogen and oxygen atoms in total. The maximum atomic E-state index is 13.3. The van der Waals surface area contributed by atoms with E-state index in [2.05, 4.69) is 21.3 Å². The zero-order chi connectivity index (χ0) is 39.3. The SMILES string of the molecule is COc1ccc(Nc2cccc(OC(=O)CCC(=O)Oc3cccc(Nc4ccc(OC)cc4)c3Nc3ccc(OC)cc3)c2Nc2ccc(OC)cc2)cc1. The summed E-state index contributed by atoms with van der Waals surface area (Å²) in [6, 6.07) is 40.2. The Balaban J connectivity index is 1.18. The second-order valence-corrected chi connectivity index (χ2v) is 12.2. The number of nitrogens with one attached hydrogen (secondary N) is 4. The number of rotatable bonds is 17. The van der Waals surface area contributed by atoms with Gasteiger partial charge in [-0.3, -0.25) is 9.59 Å². The number of carbonyl (C=O) groups is 2. The first kappa shape index (κ1) is 38.4. The monoisotopic (exact) mass is 754 g/mol. The molecule has 12 heteroatoms. The van der Waals surface area contributed by atoms with Crippen LogP contribution in [0.5, 0.6) is 34.5 Å². The van der Waals surface area contributed by atoms with Gasteiger partial charge in [0, 0.05) is 22.7 Å². The van der Waals surface area contributed by atoms with Crippen LogP contribution in [0.25, 0.3) is 0 Å². The Kier molecular flexibility index (Phi) is 12.8. The van der Waals surface area contributed by atoms with E-state index in [9.17, 15) is 9.59 Å². The van der Waals surface area contributed by atoms with Gasteiger partial charge in [0.25, 0.3) is 0 Å². The van der Waals surface area contributed by atoms with Crippen molar-refractivity contribution in [3.63, 3.8) is 0 Å². The van der Waals surface area contributed by atoms with Crippen LogP contribution in [-0.2, 0) is 9.59 Å². The van der Waals surface area contributed by atoms with E-state index in [0.29, 0.717) is 34.2 Å². The van der Waals surface area contributed by atoms with Crippen LogP contribution in [0.4, 0.5) is 45.5 Å². The minimum atomic E-state index is -0.618. The lowest BCUT2D eigenvalue weighted by molar-refractivity contribution is -0.140. The molecule has 0 bridgehead atoms. The fraction of sp³-hybridized carbons (Fsp3) is 0.136. The van der Waals surface area contributed by atoms with E-state index < -0.39 is 11.9 Å². The Morgan fingerprint density at radius 2 is 0.679 bits per heavy atom. The molecule has 0 heterocycles. The van der Waals surface area contributed by atoms with Crippen LogP contribution in [0, 0.1) is 0 Å². The molecule has 0 spiro atoms. The summed E-state index contributed by atoms with van der Waals surface area (Å²) in [4.78, 5) is 26.6. The van der Waals surface area contributed by atoms with Gasteiger partial charge in [-0.25, -0.2) is 0 Å². The summed E-state index contributed by atoms with van der Waals surface area (Å²) in [5.41, 5.74) is 5.38. The average Bonchev–Trinajstić information content (AvgIpc) is 3.23. The summed E-state index contributed by atoms with van der Waals surface area (Å²) in [5, 5.41) is 13.5. The fourth-order valence-corrected chi connectivity index (χ4v) is 5.55. The molecule has 6 aromatic carbocycles. The molecule has 0 saturated heterocycles. The molecule has 0 aliphatic heterocycles. The minimum Gasteiger partial charge on any atom is -0.497 e. The first-order valence-corrected chi connectivity index (χ1v) is 17.7. The highest BCUT2D eigenvalue weighted by Gasteiger charge is 2.19. The van der Waals surface area contributed by atoms with Gasteiger partial charge in [0.1, 0.15) is 34.4 Å². The summed E-state index contributed by atoms with van der Waals surface area (Å²) in [7, 11) is 6.41. The molecular formula is C44H42N4O8. The lowest BCUT2D eigenvalue weighted by Gasteiger charge is -2.19. The standard InChI is InChI=1S/C44H42N4O8/c1-51-33-19-11-29(12-20-33)45-37-7-5-9-39(43(37)47-31-15-23-35(53-3)24-16-31)55-41(49)27-28-42(50)56-40-10-6-8-38(46-30-13-21-34(52-2)22-14-30)44(40)48-32-17-25-36(54-4)26-18-32/h5-26,45-48H,27-28H2,1-4H3. The Labute approximate surface area is 325 Å². The summed E-state index contributed by atoms with van der Waals surface area (Å²) in [5.74, 6) is 2.12. The molecule has 0 amide bonds. The van der Waals surface area contributed by atoms with Crippen LogP contribution in [0.1, 0.15) is 12.8 Å². The smallest absolute Gasteiger partial charge is 0.311 e. The largest absolute Gasteiger partial charge is 0.497 e. The third-order valence-corrected chi connectivity index (χ3v) is 8.49. The van der Waals surface area contributed by atoms with Crippen molar-refractivity contribution in [2.24, 2.45) is 0 Å². The van der Waals surface area contributed by atoms with Crippen molar-refractivity contribution in [2.75, 3.05) is 49.7 Å². The van der Waals surface area contributed by atoms with Crippen molar-refractivity contribution in [1.82, 2.24) is 0 Å². The molecule has 56 heavy (non-hydrogen) atoms. The lowest BCUT2D eigenvalue weighted by atomic mass is 10.2. The van der Waals surface area contributed by atoms with Gasteiger partial charge in [0.05, 0.1) is 52.7 Å². The molecule has 0 aliphatic carbocycles. The molecule has 4 N–H and O–H groups in total. The second-order valence-electron chi connectivity index (χ2n) is 12.2. The van der Waals surface area contributed by atoms with Crippen LogP contribution in [0.2, 0.25) is 0 Å². The highest BCUT2D eigenvalue weighted by atomic mass is 16.5. The van der Waals surface area contributed by atoms with Crippen LogP contribution in [0.15, 0.2) is 133 Å². The van der Waals surface area contributed by atoms with E-state index in [0.717, 1.165) is 34.2 Å². The predicted octanol–water partition coefficient (Wildman–Crippen LogP) is 9.99. The van der Waals surface area contributed by atoms with Crippen LogP contribution in [-0.4, -0.2) is 40.4 Å². The molecule has 6 aromatic rings.